The van der Waals surface area contributed by atoms with E-state index in [2.05, 4.69) is 21.2 Å². The summed E-state index contributed by atoms with van der Waals surface area (Å²) in [6.07, 6.45) is 0.135. The van der Waals surface area contributed by atoms with Crippen molar-refractivity contribution in [3.8, 4) is 0 Å². The van der Waals surface area contributed by atoms with E-state index >= 15 is 0 Å². The fourth-order valence-corrected chi connectivity index (χ4v) is 1.62. The summed E-state index contributed by atoms with van der Waals surface area (Å²) in [4.78, 5) is 22.7. The molecule has 1 aromatic rings. The molecule has 1 amide bonds. The Morgan fingerprint density at radius 3 is 2.74 bits per heavy atom. The SMILES string of the molecule is COCCC(NC(=O)c1ccc(Br)c(F)c1)C(=O)O. The molecule has 0 aliphatic rings. The molecule has 0 aliphatic heterocycles. The van der Waals surface area contributed by atoms with Crippen LogP contribution in [0.5, 0.6) is 0 Å². The van der Waals surface area contributed by atoms with Gasteiger partial charge in [-0.15, -0.1) is 0 Å². The Morgan fingerprint density at radius 1 is 1.53 bits per heavy atom. The molecule has 19 heavy (non-hydrogen) atoms. The number of methoxy groups -OCH3 is 1. The van der Waals surface area contributed by atoms with E-state index in [1.165, 1.54) is 19.2 Å². The molecule has 0 saturated heterocycles. The Hall–Kier alpha value is -1.47. The van der Waals surface area contributed by atoms with E-state index in [4.69, 9.17) is 9.84 Å². The third kappa shape index (κ3) is 4.60. The smallest absolute Gasteiger partial charge is 0.326 e. The molecule has 0 spiro atoms. The van der Waals surface area contributed by atoms with Crippen LogP contribution >= 0.6 is 15.9 Å². The molecule has 0 bridgehead atoms. The second-order valence-corrected chi connectivity index (χ2v) is 4.63. The van der Waals surface area contributed by atoms with Gasteiger partial charge >= 0.3 is 5.97 Å². The Kier molecular flexibility index (Phi) is 5.91. The lowest BCUT2D eigenvalue weighted by Gasteiger charge is -2.14. The zero-order chi connectivity index (χ0) is 14.4. The van der Waals surface area contributed by atoms with Crippen LogP contribution in [0.25, 0.3) is 0 Å². The summed E-state index contributed by atoms with van der Waals surface area (Å²) >= 11 is 2.97. The zero-order valence-electron chi connectivity index (χ0n) is 10.2. The first-order chi connectivity index (χ1) is 8.95. The van der Waals surface area contributed by atoms with E-state index in [1.807, 2.05) is 0 Å². The van der Waals surface area contributed by atoms with Gasteiger partial charge in [0.15, 0.2) is 0 Å². The van der Waals surface area contributed by atoms with Crippen LogP contribution in [0.4, 0.5) is 4.39 Å². The average molecular weight is 334 g/mol. The summed E-state index contributed by atoms with van der Waals surface area (Å²) in [5.74, 6) is -2.39. The van der Waals surface area contributed by atoms with Gasteiger partial charge in [-0.05, 0) is 34.1 Å². The number of rotatable bonds is 6. The summed E-state index contributed by atoms with van der Waals surface area (Å²) in [5, 5.41) is 11.3. The number of carboxylic acids is 1. The molecular formula is C12H13BrFNO4. The number of carbonyl (C=O) groups is 2. The van der Waals surface area contributed by atoms with E-state index in [0.717, 1.165) is 6.07 Å². The van der Waals surface area contributed by atoms with Crippen molar-refractivity contribution in [1.82, 2.24) is 5.32 Å². The van der Waals surface area contributed by atoms with Crippen molar-refractivity contribution in [2.24, 2.45) is 0 Å². The average Bonchev–Trinajstić information content (AvgIpc) is 2.37. The molecule has 0 aromatic heterocycles. The van der Waals surface area contributed by atoms with Crippen LogP contribution in [-0.2, 0) is 9.53 Å². The third-order valence-electron chi connectivity index (χ3n) is 2.40. The number of nitrogens with one attached hydrogen (secondary N) is 1. The van der Waals surface area contributed by atoms with E-state index in [9.17, 15) is 14.0 Å². The van der Waals surface area contributed by atoms with Gasteiger partial charge in [-0.2, -0.15) is 0 Å². The van der Waals surface area contributed by atoms with Crippen LogP contribution in [0, 0.1) is 5.82 Å². The molecule has 1 rings (SSSR count). The van der Waals surface area contributed by atoms with Crippen LogP contribution in [-0.4, -0.2) is 36.7 Å². The quantitative estimate of drug-likeness (QED) is 0.832. The Bertz CT molecular complexity index is 481. The van der Waals surface area contributed by atoms with Crippen LogP contribution in [0.2, 0.25) is 0 Å². The van der Waals surface area contributed by atoms with Crippen LogP contribution in [0.3, 0.4) is 0 Å². The van der Waals surface area contributed by atoms with E-state index in [-0.39, 0.29) is 23.1 Å². The first-order valence-corrected chi connectivity index (χ1v) is 6.22. The number of halogens is 2. The van der Waals surface area contributed by atoms with Crippen molar-refractivity contribution >= 4 is 27.8 Å². The number of carboxylic acid groups (broad SMARTS) is 1. The normalized spacial score (nSPS) is 11.9. The van der Waals surface area contributed by atoms with Crippen LogP contribution in [0.1, 0.15) is 16.8 Å². The first kappa shape index (κ1) is 15.6. The molecular weight excluding hydrogens is 321 g/mol. The zero-order valence-corrected chi connectivity index (χ0v) is 11.7. The van der Waals surface area contributed by atoms with Crippen molar-refractivity contribution < 1.29 is 23.8 Å². The predicted molar refractivity (Wildman–Crippen MR) is 69.5 cm³/mol. The fraction of sp³-hybridized carbons (Fsp3) is 0.333. The fourth-order valence-electron chi connectivity index (χ4n) is 1.37. The lowest BCUT2D eigenvalue weighted by Crippen LogP contribution is -2.41. The maximum atomic E-state index is 13.3. The van der Waals surface area contributed by atoms with E-state index < -0.39 is 23.7 Å². The second-order valence-electron chi connectivity index (χ2n) is 3.77. The highest BCUT2D eigenvalue weighted by Crippen LogP contribution is 2.16. The number of hydrogen-bond donors (Lipinski definition) is 2. The molecule has 1 atom stereocenters. The van der Waals surface area contributed by atoms with Gasteiger partial charge in [-0.3, -0.25) is 4.79 Å². The van der Waals surface area contributed by atoms with Crippen molar-refractivity contribution in [2.75, 3.05) is 13.7 Å². The number of hydrogen-bond acceptors (Lipinski definition) is 3. The molecule has 5 nitrogen and oxygen atoms in total. The Balaban J connectivity index is 2.75. The molecule has 1 unspecified atom stereocenters. The monoisotopic (exact) mass is 333 g/mol. The second kappa shape index (κ2) is 7.20. The third-order valence-corrected chi connectivity index (χ3v) is 3.04. The molecule has 0 radical (unpaired) electrons. The predicted octanol–water partition coefficient (Wildman–Crippen LogP) is 1.81. The molecule has 0 heterocycles. The summed E-state index contributed by atoms with van der Waals surface area (Å²) in [5.41, 5.74) is 0.0596. The van der Waals surface area contributed by atoms with Crippen LogP contribution in [0.15, 0.2) is 22.7 Å². The van der Waals surface area contributed by atoms with Crippen molar-refractivity contribution in [1.29, 1.82) is 0 Å². The lowest BCUT2D eigenvalue weighted by atomic mass is 10.1. The minimum atomic E-state index is -1.16. The summed E-state index contributed by atoms with van der Waals surface area (Å²) < 4.78 is 18.3. The molecule has 1 aromatic carbocycles. The van der Waals surface area contributed by atoms with Gasteiger partial charge in [0.2, 0.25) is 0 Å². The van der Waals surface area contributed by atoms with Gasteiger partial charge < -0.3 is 15.2 Å². The Labute approximate surface area is 117 Å². The maximum absolute atomic E-state index is 13.3. The van der Waals surface area contributed by atoms with E-state index in [1.54, 1.807) is 0 Å². The van der Waals surface area contributed by atoms with Gasteiger partial charge in [0.25, 0.3) is 5.91 Å². The Morgan fingerprint density at radius 2 is 2.21 bits per heavy atom. The maximum Gasteiger partial charge on any atom is 0.326 e. The van der Waals surface area contributed by atoms with Gasteiger partial charge in [-0.25, -0.2) is 9.18 Å². The summed E-state index contributed by atoms with van der Waals surface area (Å²) in [6.45, 7) is 0.200. The standard InChI is InChI=1S/C12H13BrFNO4/c1-19-5-4-10(12(17)18)15-11(16)7-2-3-8(13)9(14)6-7/h2-3,6,10H,4-5H2,1H3,(H,15,16)(H,17,18). The molecule has 2 N–H and O–H groups in total. The highest BCUT2D eigenvalue weighted by molar-refractivity contribution is 9.10. The summed E-state index contributed by atoms with van der Waals surface area (Å²) in [7, 11) is 1.44. The van der Waals surface area contributed by atoms with Gasteiger partial charge in [-0.1, -0.05) is 0 Å². The number of aliphatic carboxylic acids is 1. The molecule has 104 valence electrons. The van der Waals surface area contributed by atoms with Crippen molar-refractivity contribution in [2.45, 2.75) is 12.5 Å². The minimum Gasteiger partial charge on any atom is -0.480 e. The van der Waals surface area contributed by atoms with Gasteiger partial charge in [0.1, 0.15) is 11.9 Å². The molecule has 0 fully saturated rings. The minimum absolute atomic E-state index is 0.0596. The highest BCUT2D eigenvalue weighted by atomic mass is 79.9. The van der Waals surface area contributed by atoms with Crippen molar-refractivity contribution in [3.63, 3.8) is 0 Å². The topological polar surface area (TPSA) is 75.6 Å². The molecule has 0 saturated carbocycles. The van der Waals surface area contributed by atoms with E-state index in [0.29, 0.717) is 0 Å². The van der Waals surface area contributed by atoms with Gasteiger partial charge in [0, 0.05) is 25.7 Å². The first-order valence-electron chi connectivity index (χ1n) is 5.43. The number of amides is 1. The summed E-state index contributed by atoms with van der Waals surface area (Å²) in [6, 6.07) is 2.75. The number of ether oxygens (including phenoxy) is 1. The highest BCUT2D eigenvalue weighted by Gasteiger charge is 2.20. The largest absolute Gasteiger partial charge is 0.480 e. The molecule has 7 heteroatoms. The molecule has 0 aliphatic carbocycles. The number of carbonyl (C=O) groups excluding carboxylic acids is 1. The van der Waals surface area contributed by atoms with Crippen LogP contribution < -0.4 is 5.32 Å². The van der Waals surface area contributed by atoms with Gasteiger partial charge in [0.05, 0.1) is 4.47 Å². The lowest BCUT2D eigenvalue weighted by molar-refractivity contribution is -0.139. The number of benzene rings is 1. The van der Waals surface area contributed by atoms with Crippen molar-refractivity contribution in [3.05, 3.63) is 34.1 Å².